The number of nitrogens with one attached hydrogen (secondary N) is 2. The van der Waals surface area contributed by atoms with Crippen LogP contribution in [0.4, 0.5) is 8.78 Å². The fraction of sp³-hybridized carbons (Fsp3) is 0.433. The second kappa shape index (κ2) is 13.3. The Bertz CT molecular complexity index is 1210. The third-order valence-electron chi connectivity index (χ3n) is 6.86. The fourth-order valence-corrected chi connectivity index (χ4v) is 4.40. The molecular formula is C30H40F2N4O2. The van der Waals surface area contributed by atoms with Crippen LogP contribution in [0.25, 0.3) is 11.3 Å². The molecule has 4 rings (SSSR count). The number of hydrogen-bond donors (Lipinski definition) is 2. The standard InChI is InChI=1S/C22H28F2N4O2.C8H10.H2/c1-13(10-20(29)28-9-5-4-6-14(28)2)22(30)26-15(3)21-25-12-19(27-21)17-8-7-16(23)11-18(17)24;1-7-3-5-8(2)6-4-7;/h7-8,11-15H,4-6,9-10H2,1-3H3,(H,25,27)(H,26,30);3-6H,1-2H3;1H/t13-,14?,15-;;/m0../s1. The summed E-state index contributed by atoms with van der Waals surface area (Å²) in [7, 11) is 0. The van der Waals surface area contributed by atoms with Gasteiger partial charge >= 0.3 is 0 Å². The molecule has 6 nitrogen and oxygen atoms in total. The Balaban J connectivity index is 0.000000508. The number of nitrogens with zero attached hydrogens (tertiary/aromatic N) is 2. The molecule has 2 aromatic carbocycles. The molecule has 1 unspecified atom stereocenters. The molecule has 38 heavy (non-hydrogen) atoms. The van der Waals surface area contributed by atoms with Crippen molar-refractivity contribution >= 4 is 11.8 Å². The van der Waals surface area contributed by atoms with Crippen molar-refractivity contribution in [1.29, 1.82) is 0 Å². The monoisotopic (exact) mass is 526 g/mol. The number of amides is 2. The summed E-state index contributed by atoms with van der Waals surface area (Å²) < 4.78 is 27.1. The molecular weight excluding hydrogens is 486 g/mol. The second-order valence-corrected chi connectivity index (χ2v) is 10.2. The van der Waals surface area contributed by atoms with Crippen LogP contribution in [0.2, 0.25) is 0 Å². The molecule has 206 valence electrons. The molecule has 1 saturated heterocycles. The number of aromatic nitrogens is 2. The molecule has 0 bridgehead atoms. The Labute approximate surface area is 225 Å². The van der Waals surface area contributed by atoms with E-state index in [1.165, 1.54) is 29.5 Å². The number of benzene rings is 2. The number of imidazole rings is 1. The molecule has 1 aliphatic rings. The number of aromatic amines is 1. The lowest BCUT2D eigenvalue weighted by atomic mass is 10.0. The normalized spacial score (nSPS) is 16.7. The number of likely N-dealkylation sites (tertiary alicyclic amines) is 1. The SMILES string of the molecule is CC1CCCCN1C(=O)C[C@H](C)C(=O)N[C@@H](C)c1ncc(-c2ccc(F)cc2F)[nH]1.Cc1ccc(C)cc1.[HH]. The molecule has 0 saturated carbocycles. The van der Waals surface area contributed by atoms with Crippen LogP contribution in [-0.2, 0) is 9.59 Å². The van der Waals surface area contributed by atoms with Gasteiger partial charge in [-0.3, -0.25) is 9.59 Å². The Morgan fingerprint density at radius 1 is 1.11 bits per heavy atom. The van der Waals surface area contributed by atoms with E-state index in [0.717, 1.165) is 31.9 Å². The number of carbonyl (C=O) groups is 2. The van der Waals surface area contributed by atoms with Gasteiger partial charge in [-0.25, -0.2) is 13.8 Å². The quantitative estimate of drug-likeness (QED) is 0.384. The molecule has 3 atom stereocenters. The highest BCUT2D eigenvalue weighted by atomic mass is 19.1. The Hall–Kier alpha value is -3.55. The van der Waals surface area contributed by atoms with E-state index in [-0.39, 0.29) is 31.3 Å². The Morgan fingerprint density at radius 2 is 1.76 bits per heavy atom. The maximum absolute atomic E-state index is 14.0. The first-order valence-corrected chi connectivity index (χ1v) is 13.2. The highest BCUT2D eigenvalue weighted by Crippen LogP contribution is 2.24. The lowest BCUT2D eigenvalue weighted by molar-refractivity contribution is -0.138. The highest BCUT2D eigenvalue weighted by molar-refractivity contribution is 5.85. The molecule has 2 N–H and O–H groups in total. The number of carbonyl (C=O) groups excluding carboxylic acids is 2. The Kier molecular flexibility index (Phi) is 10.2. The smallest absolute Gasteiger partial charge is 0.223 e. The van der Waals surface area contributed by atoms with Crippen LogP contribution in [0, 0.1) is 31.4 Å². The van der Waals surface area contributed by atoms with Crippen molar-refractivity contribution in [2.24, 2.45) is 5.92 Å². The van der Waals surface area contributed by atoms with Gasteiger partial charge in [0, 0.05) is 38.0 Å². The molecule has 0 radical (unpaired) electrons. The number of hydrogen-bond acceptors (Lipinski definition) is 3. The van der Waals surface area contributed by atoms with Crippen molar-refractivity contribution in [2.45, 2.75) is 72.4 Å². The van der Waals surface area contributed by atoms with E-state index < -0.39 is 23.6 Å². The van der Waals surface area contributed by atoms with Gasteiger partial charge in [0.2, 0.25) is 11.8 Å². The average molecular weight is 527 g/mol. The van der Waals surface area contributed by atoms with Crippen LogP contribution in [-0.4, -0.2) is 39.3 Å². The minimum absolute atomic E-state index is 0. The summed E-state index contributed by atoms with van der Waals surface area (Å²) in [5.74, 6) is -1.61. The first-order chi connectivity index (χ1) is 18.0. The van der Waals surface area contributed by atoms with Gasteiger partial charge in [0.15, 0.2) is 0 Å². The number of aryl methyl sites for hydroxylation is 2. The van der Waals surface area contributed by atoms with Gasteiger partial charge < -0.3 is 15.2 Å². The van der Waals surface area contributed by atoms with Gasteiger partial charge in [0.05, 0.1) is 17.9 Å². The van der Waals surface area contributed by atoms with E-state index in [1.807, 2.05) is 11.8 Å². The first kappa shape index (κ1) is 29.0. The Morgan fingerprint density at radius 3 is 2.37 bits per heavy atom. The molecule has 1 aliphatic heterocycles. The third-order valence-corrected chi connectivity index (χ3v) is 6.86. The van der Waals surface area contributed by atoms with Crippen LogP contribution in [0.1, 0.15) is 70.9 Å². The van der Waals surface area contributed by atoms with Crippen molar-refractivity contribution in [3.05, 3.63) is 77.2 Å². The van der Waals surface area contributed by atoms with Crippen molar-refractivity contribution in [3.8, 4) is 11.3 Å². The lowest BCUT2D eigenvalue weighted by Crippen LogP contribution is -2.43. The largest absolute Gasteiger partial charge is 0.346 e. The minimum Gasteiger partial charge on any atom is -0.346 e. The van der Waals surface area contributed by atoms with E-state index in [9.17, 15) is 18.4 Å². The van der Waals surface area contributed by atoms with Gasteiger partial charge in [-0.1, -0.05) is 42.3 Å². The first-order valence-electron chi connectivity index (χ1n) is 13.2. The van der Waals surface area contributed by atoms with Crippen LogP contribution in [0.3, 0.4) is 0 Å². The maximum Gasteiger partial charge on any atom is 0.223 e. The summed E-state index contributed by atoms with van der Waals surface area (Å²) in [6, 6.07) is 11.6. The van der Waals surface area contributed by atoms with Crippen LogP contribution >= 0.6 is 0 Å². The van der Waals surface area contributed by atoms with Crippen molar-refractivity contribution in [1.82, 2.24) is 20.2 Å². The molecule has 3 aromatic rings. The van der Waals surface area contributed by atoms with Gasteiger partial charge in [0.25, 0.3) is 0 Å². The summed E-state index contributed by atoms with van der Waals surface area (Å²) in [6.07, 6.45) is 4.74. The average Bonchev–Trinajstić information content (AvgIpc) is 3.36. The molecule has 2 heterocycles. The summed E-state index contributed by atoms with van der Waals surface area (Å²) in [4.78, 5) is 34.2. The molecule has 2 amide bonds. The highest BCUT2D eigenvalue weighted by Gasteiger charge is 2.27. The second-order valence-electron chi connectivity index (χ2n) is 10.2. The van der Waals surface area contributed by atoms with E-state index in [2.05, 4.69) is 53.4 Å². The molecule has 1 aromatic heterocycles. The summed E-state index contributed by atoms with van der Waals surface area (Å²) in [5.41, 5.74) is 3.25. The number of H-pyrrole nitrogens is 1. The van der Waals surface area contributed by atoms with E-state index >= 15 is 0 Å². The number of piperidine rings is 1. The molecule has 1 fully saturated rings. The third kappa shape index (κ3) is 7.97. The summed E-state index contributed by atoms with van der Waals surface area (Å²) >= 11 is 0. The summed E-state index contributed by atoms with van der Waals surface area (Å²) in [6.45, 7) is 10.5. The van der Waals surface area contributed by atoms with E-state index in [0.29, 0.717) is 11.5 Å². The van der Waals surface area contributed by atoms with Gasteiger partial charge in [-0.15, -0.1) is 0 Å². The van der Waals surface area contributed by atoms with Gasteiger partial charge in [-0.2, -0.15) is 0 Å². The number of halogens is 2. The van der Waals surface area contributed by atoms with Crippen LogP contribution in [0.5, 0.6) is 0 Å². The van der Waals surface area contributed by atoms with Crippen molar-refractivity contribution in [2.75, 3.05) is 6.54 Å². The fourth-order valence-electron chi connectivity index (χ4n) is 4.40. The summed E-state index contributed by atoms with van der Waals surface area (Å²) in [5, 5.41) is 2.85. The predicted octanol–water partition coefficient (Wildman–Crippen LogP) is 6.51. The molecule has 0 spiro atoms. The van der Waals surface area contributed by atoms with Gasteiger partial charge in [-0.05, 0) is 59.1 Å². The van der Waals surface area contributed by atoms with Crippen LogP contribution < -0.4 is 5.32 Å². The maximum atomic E-state index is 14.0. The van der Waals surface area contributed by atoms with Crippen LogP contribution in [0.15, 0.2) is 48.7 Å². The lowest BCUT2D eigenvalue weighted by Gasteiger charge is -2.34. The zero-order valence-corrected chi connectivity index (χ0v) is 22.9. The number of rotatable bonds is 6. The topological polar surface area (TPSA) is 78.1 Å². The van der Waals surface area contributed by atoms with Crippen molar-refractivity contribution in [3.63, 3.8) is 0 Å². The zero-order chi connectivity index (χ0) is 27.8. The predicted molar refractivity (Wildman–Crippen MR) is 147 cm³/mol. The zero-order valence-electron chi connectivity index (χ0n) is 22.9. The van der Waals surface area contributed by atoms with E-state index in [4.69, 9.17) is 0 Å². The van der Waals surface area contributed by atoms with E-state index in [1.54, 1.807) is 13.8 Å². The molecule has 8 heteroatoms. The van der Waals surface area contributed by atoms with Gasteiger partial charge in [0.1, 0.15) is 17.5 Å². The van der Waals surface area contributed by atoms with Crippen molar-refractivity contribution < 1.29 is 19.8 Å². The molecule has 0 aliphatic carbocycles. The minimum atomic E-state index is -0.694.